The first-order valence-electron chi connectivity index (χ1n) is 10.3. The molecule has 33 heavy (non-hydrogen) atoms. The Labute approximate surface area is 189 Å². The van der Waals surface area contributed by atoms with Crippen LogP contribution >= 0.6 is 0 Å². The second-order valence-corrected chi connectivity index (χ2v) is 7.88. The average molecular weight is 454 g/mol. The van der Waals surface area contributed by atoms with Crippen LogP contribution in [-0.4, -0.2) is 54.5 Å². The lowest BCUT2D eigenvalue weighted by molar-refractivity contribution is -0.384. The Kier molecular flexibility index (Phi) is 5.62. The molecule has 2 aromatic rings. The van der Waals surface area contributed by atoms with Gasteiger partial charge in [-0.15, -0.1) is 0 Å². The van der Waals surface area contributed by atoms with Crippen LogP contribution in [0.1, 0.15) is 18.9 Å². The SMILES string of the molecule is CN(C(=O)CN1C(=O)N[C@](C)(c2ccc3c(c2)OCCCO3)C1=O)c1ccc([N+](=O)[O-])cc1. The van der Waals surface area contributed by atoms with Gasteiger partial charge in [0.2, 0.25) is 5.91 Å². The molecule has 2 aromatic carbocycles. The van der Waals surface area contributed by atoms with Gasteiger partial charge in [0.05, 0.1) is 18.1 Å². The van der Waals surface area contributed by atoms with Crippen molar-refractivity contribution in [1.29, 1.82) is 0 Å². The summed E-state index contributed by atoms with van der Waals surface area (Å²) in [5.74, 6) is -0.0585. The van der Waals surface area contributed by atoms with E-state index in [-0.39, 0.29) is 5.69 Å². The van der Waals surface area contributed by atoms with E-state index in [1.165, 1.54) is 36.2 Å². The van der Waals surface area contributed by atoms with Crippen LogP contribution < -0.4 is 19.7 Å². The standard InChI is InChI=1S/C22H22N4O7/c1-22(14-4-9-17-18(12-14)33-11-3-10-32-17)20(28)25(21(29)23-22)13-19(27)24(2)15-5-7-16(8-6-15)26(30)31/h4-9,12H,3,10-11,13H2,1-2H3,(H,23,29)/t22-/m1/s1. The second-order valence-electron chi connectivity index (χ2n) is 7.88. The summed E-state index contributed by atoms with van der Waals surface area (Å²) in [4.78, 5) is 51.0. The number of rotatable bonds is 5. The number of nitrogens with zero attached hydrogens (tertiary/aromatic N) is 3. The van der Waals surface area contributed by atoms with Gasteiger partial charge in [-0.1, -0.05) is 6.07 Å². The Morgan fingerprint density at radius 2 is 1.82 bits per heavy atom. The van der Waals surface area contributed by atoms with Crippen molar-refractivity contribution in [3.63, 3.8) is 0 Å². The predicted octanol–water partition coefficient (Wildman–Crippen LogP) is 2.19. The van der Waals surface area contributed by atoms with Crippen LogP contribution in [0.25, 0.3) is 0 Å². The van der Waals surface area contributed by atoms with Crippen LogP contribution in [0, 0.1) is 10.1 Å². The second kappa shape index (κ2) is 8.41. The lowest BCUT2D eigenvalue weighted by Gasteiger charge is -2.24. The van der Waals surface area contributed by atoms with Gasteiger partial charge in [0.1, 0.15) is 12.1 Å². The molecule has 0 unspecified atom stereocenters. The number of carbonyl (C=O) groups is 3. The molecule has 172 valence electrons. The van der Waals surface area contributed by atoms with Crippen molar-refractivity contribution in [2.45, 2.75) is 18.9 Å². The van der Waals surface area contributed by atoms with Crippen molar-refractivity contribution in [1.82, 2.24) is 10.2 Å². The Hall–Kier alpha value is -4.15. The van der Waals surface area contributed by atoms with E-state index in [2.05, 4.69) is 5.32 Å². The Morgan fingerprint density at radius 3 is 2.48 bits per heavy atom. The molecule has 11 heteroatoms. The molecular weight excluding hydrogens is 432 g/mol. The highest BCUT2D eigenvalue weighted by Crippen LogP contribution is 2.36. The molecule has 2 aliphatic rings. The molecule has 4 amide bonds. The number of hydrogen-bond donors (Lipinski definition) is 1. The molecule has 0 aromatic heterocycles. The summed E-state index contributed by atoms with van der Waals surface area (Å²) in [6, 6.07) is 9.72. The molecule has 1 fully saturated rings. The molecule has 0 bridgehead atoms. The largest absolute Gasteiger partial charge is 0.490 e. The number of nitrogens with one attached hydrogen (secondary N) is 1. The van der Waals surface area contributed by atoms with E-state index in [0.717, 1.165) is 11.3 Å². The average Bonchev–Trinajstić information content (AvgIpc) is 2.96. The number of likely N-dealkylation sites (N-methyl/N-ethyl adjacent to an activating group) is 1. The van der Waals surface area contributed by atoms with E-state index in [1.807, 2.05) is 0 Å². The van der Waals surface area contributed by atoms with Crippen LogP contribution in [0.2, 0.25) is 0 Å². The number of nitro benzene ring substituents is 1. The zero-order valence-electron chi connectivity index (χ0n) is 18.1. The van der Waals surface area contributed by atoms with Gasteiger partial charge >= 0.3 is 6.03 Å². The highest BCUT2D eigenvalue weighted by molar-refractivity contribution is 6.10. The topological polar surface area (TPSA) is 131 Å². The van der Waals surface area contributed by atoms with E-state index >= 15 is 0 Å². The summed E-state index contributed by atoms with van der Waals surface area (Å²) in [5, 5.41) is 13.5. The molecule has 0 aliphatic carbocycles. The van der Waals surface area contributed by atoms with Gasteiger partial charge in [0, 0.05) is 31.3 Å². The fourth-order valence-corrected chi connectivity index (χ4v) is 3.69. The minimum atomic E-state index is -1.38. The number of urea groups is 1. The lowest BCUT2D eigenvalue weighted by Crippen LogP contribution is -2.43. The van der Waals surface area contributed by atoms with Crippen molar-refractivity contribution in [3.05, 3.63) is 58.1 Å². The van der Waals surface area contributed by atoms with Gasteiger partial charge in [-0.3, -0.25) is 24.6 Å². The maximum Gasteiger partial charge on any atom is 0.325 e. The molecular formula is C22H22N4O7. The number of imide groups is 1. The van der Waals surface area contributed by atoms with Crippen molar-refractivity contribution >= 4 is 29.2 Å². The zero-order chi connectivity index (χ0) is 23.8. The Morgan fingerprint density at radius 1 is 1.15 bits per heavy atom. The van der Waals surface area contributed by atoms with Crippen molar-refractivity contribution in [2.24, 2.45) is 0 Å². The van der Waals surface area contributed by atoms with Crippen molar-refractivity contribution in [3.8, 4) is 11.5 Å². The number of carbonyl (C=O) groups excluding carboxylic acids is 3. The van der Waals surface area contributed by atoms with Gasteiger partial charge in [0.15, 0.2) is 11.5 Å². The maximum atomic E-state index is 13.2. The third-order valence-corrected chi connectivity index (χ3v) is 5.72. The Bertz CT molecular complexity index is 1130. The summed E-state index contributed by atoms with van der Waals surface area (Å²) < 4.78 is 11.3. The zero-order valence-corrected chi connectivity index (χ0v) is 18.1. The van der Waals surface area contributed by atoms with Crippen LogP contribution in [0.15, 0.2) is 42.5 Å². The Balaban J connectivity index is 1.51. The first-order chi connectivity index (χ1) is 15.7. The van der Waals surface area contributed by atoms with Gasteiger partial charge in [0.25, 0.3) is 11.6 Å². The summed E-state index contributed by atoms with van der Waals surface area (Å²) in [6.45, 7) is 2.08. The van der Waals surface area contributed by atoms with Crippen molar-refractivity contribution < 1.29 is 28.8 Å². The molecule has 4 rings (SSSR count). The van der Waals surface area contributed by atoms with E-state index in [0.29, 0.717) is 36.0 Å². The molecule has 0 spiro atoms. The normalized spacial score (nSPS) is 19.6. The summed E-state index contributed by atoms with van der Waals surface area (Å²) >= 11 is 0. The third-order valence-electron chi connectivity index (χ3n) is 5.72. The molecule has 0 saturated carbocycles. The van der Waals surface area contributed by atoms with Gasteiger partial charge in [-0.05, 0) is 36.8 Å². The molecule has 1 N–H and O–H groups in total. The quantitative estimate of drug-likeness (QED) is 0.416. The summed E-state index contributed by atoms with van der Waals surface area (Å²) in [5.41, 5.74) is -0.597. The van der Waals surface area contributed by atoms with Gasteiger partial charge in [-0.25, -0.2) is 4.79 Å². The maximum absolute atomic E-state index is 13.2. The van der Waals surface area contributed by atoms with Crippen molar-refractivity contribution in [2.75, 3.05) is 31.7 Å². The molecule has 1 saturated heterocycles. The first-order valence-corrected chi connectivity index (χ1v) is 10.3. The molecule has 2 aliphatic heterocycles. The first kappa shape index (κ1) is 22.1. The lowest BCUT2D eigenvalue weighted by atomic mass is 9.91. The van der Waals surface area contributed by atoms with E-state index in [1.54, 1.807) is 25.1 Å². The molecule has 0 radical (unpaired) electrons. The van der Waals surface area contributed by atoms with Crippen LogP contribution in [0.5, 0.6) is 11.5 Å². The molecule has 2 heterocycles. The third kappa shape index (κ3) is 4.04. The molecule has 1 atom stereocenters. The number of benzene rings is 2. The van der Waals surface area contributed by atoms with E-state index in [9.17, 15) is 24.5 Å². The monoisotopic (exact) mass is 454 g/mol. The number of nitro groups is 1. The van der Waals surface area contributed by atoms with Crippen LogP contribution in [0.4, 0.5) is 16.2 Å². The van der Waals surface area contributed by atoms with E-state index < -0.39 is 34.9 Å². The van der Waals surface area contributed by atoms with Gasteiger partial charge < -0.3 is 19.7 Å². The fraction of sp³-hybridized carbons (Fsp3) is 0.318. The predicted molar refractivity (Wildman–Crippen MR) is 116 cm³/mol. The minimum Gasteiger partial charge on any atom is -0.490 e. The minimum absolute atomic E-state index is 0.111. The highest BCUT2D eigenvalue weighted by atomic mass is 16.6. The highest BCUT2D eigenvalue weighted by Gasteiger charge is 2.50. The molecule has 11 nitrogen and oxygen atoms in total. The fourth-order valence-electron chi connectivity index (χ4n) is 3.69. The number of fused-ring (bicyclic) bond motifs is 1. The van der Waals surface area contributed by atoms with Crippen LogP contribution in [0.3, 0.4) is 0 Å². The number of hydrogen-bond acceptors (Lipinski definition) is 7. The summed E-state index contributed by atoms with van der Waals surface area (Å²) in [6.07, 6.45) is 0.731. The number of non-ortho nitro benzene ring substituents is 1. The number of amides is 4. The van der Waals surface area contributed by atoms with Crippen LogP contribution in [-0.2, 0) is 15.1 Å². The van der Waals surface area contributed by atoms with Gasteiger partial charge in [-0.2, -0.15) is 0 Å². The summed E-state index contributed by atoms with van der Waals surface area (Å²) in [7, 11) is 1.46. The smallest absolute Gasteiger partial charge is 0.325 e. The number of anilines is 1. The number of ether oxygens (including phenoxy) is 2. The van der Waals surface area contributed by atoms with E-state index in [4.69, 9.17) is 9.47 Å².